The van der Waals surface area contributed by atoms with E-state index in [4.69, 9.17) is 17.0 Å². The predicted molar refractivity (Wildman–Crippen MR) is 50.9 cm³/mol. The fourth-order valence-corrected chi connectivity index (χ4v) is 0.622. The van der Waals surface area contributed by atoms with Crippen molar-refractivity contribution in [3.05, 3.63) is 22.5 Å². The lowest BCUT2D eigenvalue weighted by Crippen LogP contribution is -2.16. The van der Waals surface area contributed by atoms with Gasteiger partial charge in [0.1, 0.15) is 0 Å². The largest absolute Gasteiger partial charge is 0.484 e. The minimum Gasteiger partial charge on any atom is -0.484 e. The molecule has 0 aromatic rings. The molecule has 5 nitrogen and oxygen atoms in total. The second-order valence-electron chi connectivity index (χ2n) is 2.08. The molecule has 0 aliphatic rings. The summed E-state index contributed by atoms with van der Waals surface area (Å²) >= 11 is 4.71. The van der Waals surface area contributed by atoms with E-state index in [2.05, 4.69) is 4.74 Å². The van der Waals surface area contributed by atoms with E-state index in [0.717, 1.165) is 6.26 Å². The van der Waals surface area contributed by atoms with E-state index < -0.39 is 11.2 Å². The Balaban J connectivity index is 3.74. The lowest BCUT2D eigenvalue weighted by Gasteiger charge is -2.02. The van der Waals surface area contributed by atoms with E-state index in [1.165, 1.54) is 13.0 Å². The Morgan fingerprint density at radius 2 is 2.38 bits per heavy atom. The van der Waals surface area contributed by atoms with E-state index in [-0.39, 0.29) is 5.05 Å². The highest BCUT2D eigenvalue weighted by Gasteiger charge is 2.09. The molecule has 6 heteroatoms. The van der Waals surface area contributed by atoms with Crippen LogP contribution in [0.4, 0.5) is 0 Å². The first-order valence-corrected chi connectivity index (χ1v) is 4.11. The maximum absolute atomic E-state index is 10.1. The van der Waals surface area contributed by atoms with Gasteiger partial charge in [-0.3, -0.25) is 10.1 Å². The fraction of sp³-hybridized carbons (Fsp3) is 0.571. The Labute approximate surface area is 81.5 Å². The van der Waals surface area contributed by atoms with Gasteiger partial charge in [-0.1, -0.05) is 0 Å². The highest BCUT2D eigenvalue weighted by molar-refractivity contribution is 7.80. The highest BCUT2D eigenvalue weighted by atomic mass is 32.1. The van der Waals surface area contributed by atoms with Gasteiger partial charge in [-0.15, -0.1) is 0 Å². The molecule has 0 spiro atoms. The van der Waals surface area contributed by atoms with E-state index in [9.17, 15) is 10.1 Å². The molecule has 0 aliphatic carbocycles. The molecule has 0 N–H and O–H groups in total. The van der Waals surface area contributed by atoms with Crippen LogP contribution >= 0.6 is 12.2 Å². The van der Waals surface area contributed by atoms with Gasteiger partial charge in [0, 0.05) is 13.0 Å². The van der Waals surface area contributed by atoms with Crippen LogP contribution in [0, 0.1) is 10.1 Å². The van der Waals surface area contributed by atoms with Crippen molar-refractivity contribution in [1.82, 2.24) is 0 Å². The monoisotopic (exact) mass is 205 g/mol. The third-order valence-electron chi connectivity index (χ3n) is 1.06. The van der Waals surface area contributed by atoms with Gasteiger partial charge in [-0.05, 0) is 19.1 Å². The molecule has 0 heterocycles. The van der Waals surface area contributed by atoms with Crippen LogP contribution in [0.15, 0.2) is 12.3 Å². The lowest BCUT2D eigenvalue weighted by molar-refractivity contribution is -0.564. The molecule has 0 bridgehead atoms. The summed E-state index contributed by atoms with van der Waals surface area (Å²) in [4.78, 5) is 9.54. The molecule has 0 saturated carbocycles. The van der Waals surface area contributed by atoms with Crippen LogP contribution < -0.4 is 0 Å². The molecule has 0 amide bonds. The van der Waals surface area contributed by atoms with Gasteiger partial charge in [0.05, 0.1) is 17.8 Å². The molecular formula is C7H11NO4S. The highest BCUT2D eigenvalue weighted by Crippen LogP contribution is 1.93. The van der Waals surface area contributed by atoms with Crippen molar-refractivity contribution in [3.8, 4) is 0 Å². The molecule has 0 aromatic carbocycles. The molecule has 0 radical (unpaired) electrons. The molecule has 1 atom stereocenters. The van der Waals surface area contributed by atoms with Crippen molar-refractivity contribution < 1.29 is 14.4 Å². The van der Waals surface area contributed by atoms with E-state index >= 15 is 0 Å². The molecule has 1 unspecified atom stereocenters. The Morgan fingerprint density at radius 3 is 2.85 bits per heavy atom. The standard InChI is InChI=1S/C7H11NO4S/c1-3-11-7(13)4-5-12-6(2)8(9)10/h4-6H,3H2,1-2H3. The first-order valence-electron chi connectivity index (χ1n) is 3.70. The summed E-state index contributed by atoms with van der Waals surface area (Å²) in [6, 6.07) is 0. The Bertz CT molecular complexity index is 217. The number of nitro groups is 1. The summed E-state index contributed by atoms with van der Waals surface area (Å²) in [6.45, 7) is 3.59. The second kappa shape index (κ2) is 6.36. The maximum atomic E-state index is 10.1. The minimum absolute atomic E-state index is 0.248. The zero-order valence-corrected chi connectivity index (χ0v) is 8.24. The van der Waals surface area contributed by atoms with Crippen LogP contribution in [0.3, 0.4) is 0 Å². The van der Waals surface area contributed by atoms with Crippen molar-refractivity contribution in [2.45, 2.75) is 20.1 Å². The molecule has 74 valence electrons. The Kier molecular flexibility index (Phi) is 5.79. The number of nitrogens with zero attached hydrogens (tertiary/aromatic N) is 1. The number of hydrogen-bond donors (Lipinski definition) is 0. The number of ether oxygens (including phenoxy) is 2. The molecule has 0 saturated heterocycles. The third kappa shape index (κ3) is 6.03. The van der Waals surface area contributed by atoms with Crippen LogP contribution in [0.25, 0.3) is 0 Å². The van der Waals surface area contributed by atoms with Gasteiger partial charge in [-0.25, -0.2) is 0 Å². The first kappa shape index (κ1) is 11.8. The number of thiocarbonyl (C=S) groups is 1. The van der Waals surface area contributed by atoms with Crippen molar-refractivity contribution in [1.29, 1.82) is 0 Å². The van der Waals surface area contributed by atoms with Gasteiger partial charge in [0.25, 0.3) is 0 Å². The smallest absolute Gasteiger partial charge is 0.350 e. The molecule has 0 aliphatic heterocycles. The lowest BCUT2D eigenvalue weighted by atomic mass is 10.6. The average molecular weight is 205 g/mol. The van der Waals surface area contributed by atoms with Crippen molar-refractivity contribution in [2.75, 3.05) is 6.61 Å². The van der Waals surface area contributed by atoms with Crippen LogP contribution in [0.1, 0.15) is 13.8 Å². The summed E-state index contributed by atoms with van der Waals surface area (Å²) in [5.41, 5.74) is 0. The van der Waals surface area contributed by atoms with E-state index in [0.29, 0.717) is 6.61 Å². The summed E-state index contributed by atoms with van der Waals surface area (Å²) < 4.78 is 9.55. The van der Waals surface area contributed by atoms with Gasteiger partial charge in [-0.2, -0.15) is 0 Å². The molecular weight excluding hydrogens is 194 g/mol. The third-order valence-corrected chi connectivity index (χ3v) is 1.32. The SMILES string of the molecule is CCOC(=S)C=COC(C)[N+](=O)[O-]. The Hall–Kier alpha value is -1.17. The topological polar surface area (TPSA) is 61.6 Å². The molecule has 0 aromatic heterocycles. The quantitative estimate of drug-likeness (QED) is 0.170. The first-order chi connectivity index (χ1) is 6.07. The van der Waals surface area contributed by atoms with Crippen molar-refractivity contribution in [2.24, 2.45) is 0 Å². The van der Waals surface area contributed by atoms with Crippen LogP contribution in [-0.4, -0.2) is 22.8 Å². The zero-order valence-electron chi connectivity index (χ0n) is 7.43. The van der Waals surface area contributed by atoms with Gasteiger partial charge in [0.2, 0.25) is 0 Å². The van der Waals surface area contributed by atoms with Crippen LogP contribution in [0.2, 0.25) is 0 Å². The van der Waals surface area contributed by atoms with Crippen LogP contribution in [-0.2, 0) is 9.47 Å². The predicted octanol–water partition coefficient (Wildman–Crippen LogP) is 1.50. The van der Waals surface area contributed by atoms with E-state index in [1.54, 1.807) is 6.92 Å². The average Bonchev–Trinajstić information content (AvgIpc) is 2.04. The second-order valence-corrected chi connectivity index (χ2v) is 2.48. The molecule has 0 fully saturated rings. The molecule has 0 rings (SSSR count). The summed E-state index contributed by atoms with van der Waals surface area (Å²) in [6.07, 6.45) is 1.45. The maximum Gasteiger partial charge on any atom is 0.350 e. The minimum atomic E-state index is -1.07. The van der Waals surface area contributed by atoms with Gasteiger partial charge in [0.15, 0.2) is 5.05 Å². The van der Waals surface area contributed by atoms with E-state index in [1.807, 2.05) is 0 Å². The molecule has 13 heavy (non-hydrogen) atoms. The van der Waals surface area contributed by atoms with Gasteiger partial charge >= 0.3 is 6.23 Å². The Morgan fingerprint density at radius 1 is 1.77 bits per heavy atom. The number of hydrogen-bond acceptors (Lipinski definition) is 5. The van der Waals surface area contributed by atoms with Crippen molar-refractivity contribution in [3.63, 3.8) is 0 Å². The van der Waals surface area contributed by atoms with Crippen LogP contribution in [0.5, 0.6) is 0 Å². The normalized spacial score (nSPS) is 12.5. The van der Waals surface area contributed by atoms with Gasteiger partial charge < -0.3 is 9.47 Å². The summed E-state index contributed by atoms with van der Waals surface area (Å²) in [7, 11) is 0. The summed E-state index contributed by atoms with van der Waals surface area (Å²) in [5, 5.41) is 10.3. The van der Waals surface area contributed by atoms with Crippen molar-refractivity contribution >= 4 is 17.3 Å². The number of rotatable bonds is 5. The summed E-state index contributed by atoms with van der Waals surface area (Å²) in [5.74, 6) is 0. The fourth-order valence-electron chi connectivity index (χ4n) is 0.449. The zero-order chi connectivity index (χ0) is 10.3.